The molecule has 1 atom stereocenters. The Balaban J connectivity index is 1.58. The maximum atomic E-state index is 13.6. The molecule has 0 bridgehead atoms. The predicted molar refractivity (Wildman–Crippen MR) is 120 cm³/mol. The van der Waals surface area contributed by atoms with Crippen LogP contribution in [-0.4, -0.2) is 48.1 Å². The van der Waals surface area contributed by atoms with Crippen LogP contribution in [0.1, 0.15) is 11.1 Å². The molecular formula is C24H23ClN4O. The van der Waals surface area contributed by atoms with Gasteiger partial charge in [-0.1, -0.05) is 60.1 Å². The van der Waals surface area contributed by atoms with E-state index in [2.05, 4.69) is 46.0 Å². The molecule has 0 aromatic heterocycles. The Bertz CT molecular complexity index is 1040. The first-order valence-corrected chi connectivity index (χ1v) is 10.6. The van der Waals surface area contributed by atoms with Crippen molar-refractivity contribution in [3.63, 3.8) is 0 Å². The monoisotopic (exact) mass is 418 g/mol. The van der Waals surface area contributed by atoms with E-state index < -0.39 is 0 Å². The maximum absolute atomic E-state index is 13.6. The van der Waals surface area contributed by atoms with Crippen molar-refractivity contribution < 1.29 is 4.79 Å². The summed E-state index contributed by atoms with van der Waals surface area (Å²) in [6, 6.07) is 17.9. The highest BCUT2D eigenvalue weighted by Crippen LogP contribution is 2.34. The molecule has 1 amide bonds. The number of carbonyl (C=O) groups excluding carboxylic acids is 1. The Labute approximate surface area is 181 Å². The molecular weight excluding hydrogens is 396 g/mol. The number of piperazine rings is 1. The van der Waals surface area contributed by atoms with Crippen molar-refractivity contribution in [3.8, 4) is 0 Å². The number of amides is 1. The minimum atomic E-state index is -0.0926. The van der Waals surface area contributed by atoms with Crippen molar-refractivity contribution in [1.82, 2.24) is 20.4 Å². The van der Waals surface area contributed by atoms with E-state index in [0.717, 1.165) is 35.5 Å². The van der Waals surface area contributed by atoms with Crippen molar-refractivity contribution in [3.05, 3.63) is 94.8 Å². The zero-order chi connectivity index (χ0) is 20.5. The van der Waals surface area contributed by atoms with Gasteiger partial charge in [-0.2, -0.15) is 0 Å². The summed E-state index contributed by atoms with van der Waals surface area (Å²) in [7, 11) is 0. The Morgan fingerprint density at radius 2 is 1.70 bits per heavy atom. The number of hydrogen-bond acceptors (Lipinski definition) is 4. The third-order valence-electron chi connectivity index (χ3n) is 5.67. The Hall–Kier alpha value is -3.02. The summed E-state index contributed by atoms with van der Waals surface area (Å²) in [5.74, 6) is 0.0513. The van der Waals surface area contributed by atoms with Crippen LogP contribution in [0.5, 0.6) is 0 Å². The van der Waals surface area contributed by atoms with E-state index >= 15 is 0 Å². The number of fused-ring (bicyclic) bond motifs is 1. The molecule has 152 valence electrons. The summed E-state index contributed by atoms with van der Waals surface area (Å²) in [6.45, 7) is 3.05. The van der Waals surface area contributed by atoms with Crippen molar-refractivity contribution in [2.24, 2.45) is 0 Å². The van der Waals surface area contributed by atoms with Gasteiger partial charge < -0.3 is 20.4 Å². The lowest BCUT2D eigenvalue weighted by atomic mass is 10.0. The highest BCUT2D eigenvalue weighted by Gasteiger charge is 2.37. The molecule has 2 aromatic rings. The average molecular weight is 419 g/mol. The number of nitrogens with zero attached hydrogens (tertiary/aromatic N) is 2. The zero-order valence-corrected chi connectivity index (χ0v) is 17.3. The molecule has 1 saturated heterocycles. The predicted octanol–water partition coefficient (Wildman–Crippen LogP) is 3.28. The lowest BCUT2D eigenvalue weighted by Gasteiger charge is -2.32. The van der Waals surface area contributed by atoms with Gasteiger partial charge in [0.1, 0.15) is 11.9 Å². The second-order valence-corrected chi connectivity index (χ2v) is 8.02. The standard InChI is InChI=1S/C24H23ClN4O/c25-20-9-6-18(7-10-20)22-23(24(30)28-14-12-26-13-15-28)29-16-19(8-11-21(29)27-22)17-4-2-1-3-5-17/h1-11,16,21,26-27H,12-15H2. The molecule has 2 aromatic carbocycles. The van der Waals surface area contributed by atoms with Gasteiger partial charge in [0.05, 0.1) is 5.70 Å². The van der Waals surface area contributed by atoms with Gasteiger partial charge in [-0.3, -0.25) is 4.79 Å². The third-order valence-corrected chi connectivity index (χ3v) is 5.92. The highest BCUT2D eigenvalue weighted by atomic mass is 35.5. The second-order valence-electron chi connectivity index (χ2n) is 7.58. The van der Waals surface area contributed by atoms with Crippen molar-refractivity contribution in [2.75, 3.05) is 26.2 Å². The summed E-state index contributed by atoms with van der Waals surface area (Å²) in [6.07, 6.45) is 6.20. The van der Waals surface area contributed by atoms with E-state index in [1.54, 1.807) is 0 Å². The Morgan fingerprint density at radius 1 is 0.967 bits per heavy atom. The molecule has 3 aliphatic heterocycles. The van der Waals surface area contributed by atoms with Crippen molar-refractivity contribution in [1.29, 1.82) is 0 Å². The van der Waals surface area contributed by atoms with Gasteiger partial charge in [0.15, 0.2) is 0 Å². The van der Waals surface area contributed by atoms with Crippen LogP contribution < -0.4 is 10.6 Å². The molecule has 1 fully saturated rings. The van der Waals surface area contributed by atoms with Gasteiger partial charge in [0.2, 0.25) is 0 Å². The summed E-state index contributed by atoms with van der Waals surface area (Å²) in [5.41, 5.74) is 4.69. The maximum Gasteiger partial charge on any atom is 0.272 e. The molecule has 0 spiro atoms. The molecule has 2 N–H and O–H groups in total. The molecule has 1 unspecified atom stereocenters. The van der Waals surface area contributed by atoms with E-state index in [0.29, 0.717) is 23.8 Å². The first-order chi connectivity index (χ1) is 14.7. The van der Waals surface area contributed by atoms with Crippen LogP contribution >= 0.6 is 11.6 Å². The average Bonchev–Trinajstić information content (AvgIpc) is 3.19. The van der Waals surface area contributed by atoms with Crippen LogP contribution in [-0.2, 0) is 4.79 Å². The fourth-order valence-electron chi connectivity index (χ4n) is 4.10. The number of allylic oxidation sites excluding steroid dienone is 2. The van der Waals surface area contributed by atoms with Crippen LogP contribution in [0.2, 0.25) is 5.02 Å². The molecule has 3 heterocycles. The number of hydrogen-bond donors (Lipinski definition) is 2. The molecule has 6 heteroatoms. The SMILES string of the molecule is O=C(C1=C(c2ccc(Cl)cc2)NC2C=CC(c3ccccc3)=CN12)N1CCNCC1. The summed E-state index contributed by atoms with van der Waals surface area (Å²) in [5, 5.41) is 7.53. The lowest BCUT2D eigenvalue weighted by Crippen LogP contribution is -2.48. The largest absolute Gasteiger partial charge is 0.359 e. The van der Waals surface area contributed by atoms with E-state index in [1.807, 2.05) is 47.4 Å². The minimum absolute atomic E-state index is 0.0513. The fourth-order valence-corrected chi connectivity index (χ4v) is 4.23. The van der Waals surface area contributed by atoms with Gasteiger partial charge in [0.25, 0.3) is 5.91 Å². The lowest BCUT2D eigenvalue weighted by molar-refractivity contribution is -0.128. The fraction of sp³-hybridized carbons (Fsp3) is 0.208. The number of halogens is 1. The zero-order valence-electron chi connectivity index (χ0n) is 16.5. The van der Waals surface area contributed by atoms with Gasteiger partial charge in [-0.05, 0) is 29.3 Å². The Kier molecular flexibility index (Phi) is 5.07. The third kappa shape index (κ3) is 3.51. The van der Waals surface area contributed by atoms with Crippen LogP contribution in [0.15, 0.2) is 78.6 Å². The van der Waals surface area contributed by atoms with E-state index in [4.69, 9.17) is 11.6 Å². The van der Waals surface area contributed by atoms with Crippen LogP contribution in [0.25, 0.3) is 11.3 Å². The normalized spacial score (nSPS) is 20.7. The first kappa shape index (κ1) is 19.0. The van der Waals surface area contributed by atoms with Crippen LogP contribution in [0.4, 0.5) is 0 Å². The number of carbonyl (C=O) groups is 1. The van der Waals surface area contributed by atoms with E-state index in [1.165, 1.54) is 0 Å². The highest BCUT2D eigenvalue weighted by molar-refractivity contribution is 6.30. The summed E-state index contributed by atoms with van der Waals surface area (Å²) < 4.78 is 0. The van der Waals surface area contributed by atoms with E-state index in [-0.39, 0.29) is 12.1 Å². The summed E-state index contributed by atoms with van der Waals surface area (Å²) >= 11 is 6.10. The second kappa shape index (κ2) is 8.01. The molecule has 30 heavy (non-hydrogen) atoms. The van der Waals surface area contributed by atoms with Crippen molar-refractivity contribution >= 4 is 28.8 Å². The molecule has 5 rings (SSSR count). The van der Waals surface area contributed by atoms with E-state index in [9.17, 15) is 4.79 Å². The van der Waals surface area contributed by atoms with Crippen molar-refractivity contribution in [2.45, 2.75) is 6.17 Å². The minimum Gasteiger partial charge on any atom is -0.359 e. The van der Waals surface area contributed by atoms with Gasteiger partial charge >= 0.3 is 0 Å². The molecule has 0 aliphatic carbocycles. The Morgan fingerprint density at radius 3 is 2.43 bits per heavy atom. The van der Waals surface area contributed by atoms with Crippen LogP contribution in [0.3, 0.4) is 0 Å². The quantitative estimate of drug-likeness (QED) is 0.803. The van der Waals surface area contributed by atoms with Gasteiger partial charge in [-0.25, -0.2) is 0 Å². The number of nitrogens with one attached hydrogen (secondary N) is 2. The molecule has 5 nitrogen and oxygen atoms in total. The topological polar surface area (TPSA) is 47.6 Å². The molecule has 0 radical (unpaired) electrons. The smallest absolute Gasteiger partial charge is 0.272 e. The van der Waals surface area contributed by atoms with Gasteiger partial charge in [-0.15, -0.1) is 0 Å². The first-order valence-electron chi connectivity index (χ1n) is 10.2. The molecule has 0 saturated carbocycles. The van der Waals surface area contributed by atoms with Gasteiger partial charge in [0, 0.05) is 43.0 Å². The number of benzene rings is 2. The summed E-state index contributed by atoms with van der Waals surface area (Å²) in [4.78, 5) is 17.6. The van der Waals surface area contributed by atoms with Crippen LogP contribution in [0, 0.1) is 0 Å². The number of rotatable bonds is 3. The molecule has 3 aliphatic rings.